The molecule has 0 aliphatic heterocycles. The molecule has 0 saturated carbocycles. The molecular weight excluding hydrogens is 204 g/mol. The van der Waals surface area contributed by atoms with Crippen molar-refractivity contribution in [2.24, 2.45) is 5.73 Å². The molecule has 1 aromatic carbocycles. The smallest absolute Gasteiger partial charge is 0.338 e. The molecule has 0 spiro atoms. The van der Waals surface area contributed by atoms with Gasteiger partial charge < -0.3 is 10.5 Å². The number of benzene rings is 1. The fourth-order valence-electron chi connectivity index (χ4n) is 1.74. The Labute approximate surface area is 94.6 Å². The molecule has 0 bridgehead atoms. The zero-order chi connectivity index (χ0) is 12.1. The lowest BCUT2D eigenvalue weighted by atomic mass is 9.94. The Morgan fingerprint density at radius 1 is 1.50 bits per heavy atom. The summed E-state index contributed by atoms with van der Waals surface area (Å²) < 4.78 is 4.69. The first-order valence-electron chi connectivity index (χ1n) is 5.02. The monoisotopic (exact) mass is 218 g/mol. The number of esters is 1. The van der Waals surface area contributed by atoms with Crippen molar-refractivity contribution in [3.63, 3.8) is 0 Å². The van der Waals surface area contributed by atoms with E-state index >= 15 is 0 Å². The molecule has 0 fully saturated rings. The summed E-state index contributed by atoms with van der Waals surface area (Å²) in [6.45, 7) is 2.17. The van der Waals surface area contributed by atoms with Gasteiger partial charge in [-0.15, -0.1) is 0 Å². The van der Waals surface area contributed by atoms with E-state index in [1.807, 2.05) is 6.92 Å². The second-order valence-electron chi connectivity index (χ2n) is 3.28. The van der Waals surface area contributed by atoms with E-state index in [9.17, 15) is 4.79 Å². The van der Waals surface area contributed by atoms with Gasteiger partial charge in [-0.1, -0.05) is 6.92 Å². The van der Waals surface area contributed by atoms with Gasteiger partial charge in [-0.2, -0.15) is 5.26 Å². The third-order valence-electron chi connectivity index (χ3n) is 2.51. The molecule has 0 aliphatic carbocycles. The van der Waals surface area contributed by atoms with Crippen molar-refractivity contribution in [2.45, 2.75) is 19.9 Å². The highest BCUT2D eigenvalue weighted by atomic mass is 16.5. The fraction of sp³-hybridized carbons (Fsp3) is 0.333. The summed E-state index contributed by atoms with van der Waals surface area (Å²) in [5.41, 5.74) is 8.15. The van der Waals surface area contributed by atoms with Crippen LogP contribution in [0.3, 0.4) is 0 Å². The van der Waals surface area contributed by atoms with Crippen molar-refractivity contribution in [2.75, 3.05) is 7.11 Å². The maximum atomic E-state index is 11.5. The molecule has 4 heteroatoms. The molecule has 0 aliphatic rings. The van der Waals surface area contributed by atoms with Gasteiger partial charge in [0.15, 0.2) is 0 Å². The summed E-state index contributed by atoms with van der Waals surface area (Å²) in [4.78, 5) is 11.5. The van der Waals surface area contributed by atoms with Crippen molar-refractivity contribution in [3.8, 4) is 6.07 Å². The summed E-state index contributed by atoms with van der Waals surface area (Å²) in [5, 5.41) is 8.93. The predicted molar refractivity (Wildman–Crippen MR) is 59.8 cm³/mol. The van der Waals surface area contributed by atoms with Crippen LogP contribution in [0.4, 0.5) is 0 Å². The summed E-state index contributed by atoms with van der Waals surface area (Å²) in [6.07, 6.45) is 0.645. The van der Waals surface area contributed by atoms with Crippen LogP contribution in [0.2, 0.25) is 0 Å². The number of nitrogens with two attached hydrogens (primary N) is 1. The van der Waals surface area contributed by atoms with Crippen LogP contribution in [0, 0.1) is 11.3 Å². The molecule has 0 unspecified atom stereocenters. The Balaban J connectivity index is 3.44. The lowest BCUT2D eigenvalue weighted by Gasteiger charge is -2.12. The quantitative estimate of drug-likeness (QED) is 0.777. The fourth-order valence-corrected chi connectivity index (χ4v) is 1.74. The molecule has 2 N–H and O–H groups in total. The predicted octanol–water partition coefficient (Wildman–Crippen LogP) is 1.37. The summed E-state index contributed by atoms with van der Waals surface area (Å²) in [7, 11) is 1.34. The number of hydrogen-bond donors (Lipinski definition) is 1. The highest BCUT2D eigenvalue weighted by molar-refractivity contribution is 5.91. The SMILES string of the molecule is CCc1c(C(=O)OC)ccc(C#N)c1CN. The van der Waals surface area contributed by atoms with Gasteiger partial charge in [-0.05, 0) is 29.7 Å². The zero-order valence-electron chi connectivity index (χ0n) is 9.41. The van der Waals surface area contributed by atoms with Crippen molar-refractivity contribution in [3.05, 3.63) is 34.4 Å². The Morgan fingerprint density at radius 3 is 2.62 bits per heavy atom. The normalized spacial score (nSPS) is 9.62. The van der Waals surface area contributed by atoms with Crippen LogP contribution in [-0.2, 0) is 17.7 Å². The van der Waals surface area contributed by atoms with Gasteiger partial charge in [0, 0.05) is 6.54 Å². The number of carbonyl (C=O) groups excluding carboxylic acids is 1. The Kier molecular flexibility index (Phi) is 4.03. The Bertz CT molecular complexity index is 447. The first-order chi connectivity index (χ1) is 7.69. The first-order valence-corrected chi connectivity index (χ1v) is 5.02. The van der Waals surface area contributed by atoms with Crippen LogP contribution in [-0.4, -0.2) is 13.1 Å². The highest BCUT2D eigenvalue weighted by Crippen LogP contribution is 2.20. The average molecular weight is 218 g/mol. The van der Waals surface area contributed by atoms with Gasteiger partial charge >= 0.3 is 5.97 Å². The van der Waals surface area contributed by atoms with Crippen LogP contribution in [0.1, 0.15) is 34.0 Å². The van der Waals surface area contributed by atoms with Gasteiger partial charge in [-0.3, -0.25) is 0 Å². The van der Waals surface area contributed by atoms with E-state index in [1.165, 1.54) is 7.11 Å². The minimum atomic E-state index is -0.393. The van der Waals surface area contributed by atoms with Crippen LogP contribution >= 0.6 is 0 Å². The minimum Gasteiger partial charge on any atom is -0.465 e. The highest BCUT2D eigenvalue weighted by Gasteiger charge is 2.16. The summed E-state index contributed by atoms with van der Waals surface area (Å²) in [5.74, 6) is -0.393. The van der Waals surface area contributed by atoms with Gasteiger partial charge in [0.05, 0.1) is 24.3 Å². The molecule has 84 valence electrons. The average Bonchev–Trinajstić information content (AvgIpc) is 2.35. The van der Waals surface area contributed by atoms with Crippen molar-refractivity contribution >= 4 is 5.97 Å². The standard InChI is InChI=1S/C12H14N2O2/c1-3-9-10(12(15)16-2)5-4-8(6-13)11(9)7-14/h4-5H,3,7,14H2,1-2H3. The molecular formula is C12H14N2O2. The number of carbonyl (C=O) groups is 1. The third-order valence-corrected chi connectivity index (χ3v) is 2.51. The van der Waals surface area contributed by atoms with E-state index < -0.39 is 5.97 Å². The number of ether oxygens (including phenoxy) is 1. The third kappa shape index (κ3) is 2.05. The van der Waals surface area contributed by atoms with E-state index in [0.29, 0.717) is 17.5 Å². The van der Waals surface area contributed by atoms with Crippen LogP contribution < -0.4 is 5.73 Å². The number of rotatable bonds is 3. The van der Waals surface area contributed by atoms with Crippen LogP contribution in [0.15, 0.2) is 12.1 Å². The molecule has 16 heavy (non-hydrogen) atoms. The van der Waals surface area contributed by atoms with Crippen LogP contribution in [0.25, 0.3) is 0 Å². The second kappa shape index (κ2) is 5.29. The molecule has 0 heterocycles. The van der Waals surface area contributed by atoms with E-state index in [-0.39, 0.29) is 6.54 Å². The van der Waals surface area contributed by atoms with Crippen molar-refractivity contribution < 1.29 is 9.53 Å². The van der Waals surface area contributed by atoms with E-state index in [1.54, 1.807) is 12.1 Å². The van der Waals surface area contributed by atoms with Gasteiger partial charge in [0.1, 0.15) is 0 Å². The molecule has 1 rings (SSSR count). The van der Waals surface area contributed by atoms with E-state index in [4.69, 9.17) is 11.0 Å². The zero-order valence-corrected chi connectivity index (χ0v) is 9.41. The maximum absolute atomic E-state index is 11.5. The van der Waals surface area contributed by atoms with Gasteiger partial charge in [0.2, 0.25) is 0 Å². The van der Waals surface area contributed by atoms with E-state index in [2.05, 4.69) is 10.8 Å². The number of nitriles is 1. The molecule has 0 saturated heterocycles. The molecule has 0 amide bonds. The molecule has 0 radical (unpaired) electrons. The van der Waals surface area contributed by atoms with Crippen LogP contribution in [0.5, 0.6) is 0 Å². The topological polar surface area (TPSA) is 76.1 Å². The largest absolute Gasteiger partial charge is 0.465 e. The minimum absolute atomic E-state index is 0.247. The maximum Gasteiger partial charge on any atom is 0.338 e. The first kappa shape index (κ1) is 12.2. The lowest BCUT2D eigenvalue weighted by Crippen LogP contribution is -2.11. The van der Waals surface area contributed by atoms with E-state index in [0.717, 1.165) is 11.1 Å². The van der Waals surface area contributed by atoms with Crippen molar-refractivity contribution in [1.82, 2.24) is 0 Å². The lowest BCUT2D eigenvalue weighted by molar-refractivity contribution is 0.0599. The van der Waals surface area contributed by atoms with Gasteiger partial charge in [-0.25, -0.2) is 4.79 Å². The second-order valence-corrected chi connectivity index (χ2v) is 3.28. The van der Waals surface area contributed by atoms with Crippen molar-refractivity contribution in [1.29, 1.82) is 5.26 Å². The number of methoxy groups -OCH3 is 1. The molecule has 0 aromatic heterocycles. The number of hydrogen-bond acceptors (Lipinski definition) is 4. The Morgan fingerprint density at radius 2 is 2.19 bits per heavy atom. The molecule has 0 atom stereocenters. The summed E-state index contributed by atoms with van der Waals surface area (Å²) >= 11 is 0. The Hall–Kier alpha value is -1.86. The summed E-state index contributed by atoms with van der Waals surface area (Å²) in [6, 6.07) is 5.29. The van der Waals surface area contributed by atoms with Gasteiger partial charge in [0.25, 0.3) is 0 Å². The molecule has 1 aromatic rings. The molecule has 4 nitrogen and oxygen atoms in total. The number of nitrogens with zero attached hydrogens (tertiary/aromatic N) is 1.